The third-order valence-electron chi connectivity index (χ3n) is 3.68. The van der Waals surface area contributed by atoms with E-state index < -0.39 is 27.3 Å². The lowest BCUT2D eigenvalue weighted by Gasteiger charge is -2.10. The highest BCUT2D eigenvalue weighted by atomic mass is 32.2. The van der Waals surface area contributed by atoms with Crippen LogP contribution >= 0.6 is 0 Å². The van der Waals surface area contributed by atoms with Crippen LogP contribution < -0.4 is 10.5 Å². The zero-order valence-electron chi connectivity index (χ0n) is 12.8. The smallest absolute Gasteiger partial charge is 0.335 e. The molecule has 3 aromatic rings. The van der Waals surface area contributed by atoms with Crippen LogP contribution in [0.5, 0.6) is 0 Å². The van der Waals surface area contributed by atoms with Crippen LogP contribution in [0.1, 0.15) is 17.7 Å². The Morgan fingerprint density at radius 2 is 2.16 bits per heavy atom. The minimum Gasteiger partial charge on any atom is -0.383 e. The number of halogens is 2. The first-order valence-corrected chi connectivity index (χ1v) is 8.39. The number of aromatic nitrogens is 3. The van der Waals surface area contributed by atoms with E-state index in [4.69, 9.17) is 11.0 Å². The van der Waals surface area contributed by atoms with Crippen molar-refractivity contribution in [2.24, 2.45) is 0 Å². The normalized spacial score (nSPS) is 11.8. The van der Waals surface area contributed by atoms with Gasteiger partial charge in [-0.2, -0.15) is 23.8 Å². The number of benzene rings is 1. The Morgan fingerprint density at radius 1 is 1.44 bits per heavy atom. The molecular formula is C14H12F2N6O2S. The molecule has 0 bridgehead atoms. The van der Waals surface area contributed by atoms with Crippen LogP contribution in [0.3, 0.4) is 0 Å². The van der Waals surface area contributed by atoms with Gasteiger partial charge in [0, 0.05) is 11.6 Å². The molecule has 2 aromatic heterocycles. The highest BCUT2D eigenvalue weighted by Gasteiger charge is 2.25. The number of nitrogens with one attached hydrogen (secondary N) is 2. The first kappa shape index (κ1) is 16.7. The Hall–Kier alpha value is -3.13. The summed E-state index contributed by atoms with van der Waals surface area (Å²) in [6.45, 7) is -1.28. The van der Waals surface area contributed by atoms with Gasteiger partial charge in [0.2, 0.25) is 0 Å². The topological polar surface area (TPSA) is 130 Å². The second-order valence-electron chi connectivity index (χ2n) is 5.22. The van der Waals surface area contributed by atoms with Gasteiger partial charge >= 0.3 is 6.55 Å². The molecule has 25 heavy (non-hydrogen) atoms. The van der Waals surface area contributed by atoms with Crippen molar-refractivity contribution >= 4 is 32.4 Å². The molecule has 0 aliphatic heterocycles. The molecule has 0 unspecified atom stereocenters. The number of anilines is 2. The van der Waals surface area contributed by atoms with Gasteiger partial charge in [-0.3, -0.25) is 4.72 Å². The van der Waals surface area contributed by atoms with Crippen LogP contribution in [0.2, 0.25) is 0 Å². The Morgan fingerprint density at radius 3 is 2.76 bits per heavy atom. The summed E-state index contributed by atoms with van der Waals surface area (Å²) < 4.78 is 52.8. The quantitative estimate of drug-likeness (QED) is 0.652. The van der Waals surface area contributed by atoms with Crippen molar-refractivity contribution in [1.29, 1.82) is 5.26 Å². The van der Waals surface area contributed by atoms with Gasteiger partial charge in [0.05, 0.1) is 23.0 Å². The second-order valence-corrected chi connectivity index (χ2v) is 6.87. The summed E-state index contributed by atoms with van der Waals surface area (Å²) in [6.07, 6.45) is 2.21. The lowest BCUT2D eigenvalue weighted by atomic mass is 10.1. The average molecular weight is 366 g/mol. The molecule has 4 N–H and O–H groups in total. The minimum absolute atomic E-state index is 0.113. The van der Waals surface area contributed by atoms with Gasteiger partial charge in [-0.25, -0.2) is 8.42 Å². The summed E-state index contributed by atoms with van der Waals surface area (Å²) in [6, 6.07) is 5.15. The number of nitrogens with zero attached hydrogens (tertiary/aromatic N) is 3. The zero-order valence-corrected chi connectivity index (χ0v) is 13.6. The molecule has 0 fully saturated rings. The first-order valence-electron chi connectivity index (χ1n) is 6.91. The third kappa shape index (κ3) is 2.66. The third-order valence-corrected chi connectivity index (χ3v) is 5.06. The number of nitriles is 1. The van der Waals surface area contributed by atoms with Crippen molar-refractivity contribution in [1.82, 2.24) is 14.8 Å². The van der Waals surface area contributed by atoms with E-state index >= 15 is 0 Å². The molecule has 11 heteroatoms. The summed E-state index contributed by atoms with van der Waals surface area (Å²) in [5.74, 6) is -0.671. The van der Waals surface area contributed by atoms with Gasteiger partial charge in [-0.15, -0.1) is 0 Å². The number of hydrogen-bond donors (Lipinski definition) is 3. The van der Waals surface area contributed by atoms with E-state index in [9.17, 15) is 17.2 Å². The highest BCUT2D eigenvalue weighted by Crippen LogP contribution is 2.31. The largest absolute Gasteiger partial charge is 0.383 e. The predicted octanol–water partition coefficient (Wildman–Crippen LogP) is 2.32. The zero-order chi connectivity index (χ0) is 18.4. The molecule has 0 radical (unpaired) electrons. The van der Waals surface area contributed by atoms with Gasteiger partial charge in [-0.05, 0) is 18.6 Å². The fourth-order valence-corrected chi connectivity index (χ4v) is 3.64. The number of aryl methyl sites for hydroxylation is 1. The van der Waals surface area contributed by atoms with Crippen LogP contribution in [0, 0.1) is 18.3 Å². The minimum atomic E-state index is -4.25. The second kappa shape index (κ2) is 5.75. The fraction of sp³-hybridized carbons (Fsp3) is 0.143. The summed E-state index contributed by atoms with van der Waals surface area (Å²) in [5, 5.41) is 13.0. The van der Waals surface area contributed by atoms with Crippen molar-refractivity contribution in [2.75, 3.05) is 10.5 Å². The molecular weight excluding hydrogens is 354 g/mol. The maximum Gasteiger partial charge on any atom is 0.335 e. The van der Waals surface area contributed by atoms with Crippen molar-refractivity contribution in [3.63, 3.8) is 0 Å². The van der Waals surface area contributed by atoms with E-state index in [0.717, 1.165) is 11.8 Å². The van der Waals surface area contributed by atoms with E-state index in [2.05, 4.69) is 14.8 Å². The molecule has 0 aliphatic rings. The van der Waals surface area contributed by atoms with Gasteiger partial charge in [0.15, 0.2) is 0 Å². The van der Waals surface area contributed by atoms with Crippen molar-refractivity contribution < 1.29 is 17.2 Å². The molecule has 2 heterocycles. The molecule has 0 amide bonds. The number of sulfonamides is 1. The van der Waals surface area contributed by atoms with Crippen molar-refractivity contribution in [3.05, 3.63) is 35.7 Å². The van der Waals surface area contributed by atoms with Crippen molar-refractivity contribution in [3.8, 4) is 6.07 Å². The van der Waals surface area contributed by atoms with Gasteiger partial charge in [-0.1, -0.05) is 6.07 Å². The number of rotatable bonds is 4. The Bertz CT molecular complexity index is 1110. The number of fused-ring (bicyclic) bond motifs is 1. The monoisotopic (exact) mass is 366 g/mol. The van der Waals surface area contributed by atoms with Crippen LogP contribution in [0.4, 0.5) is 20.3 Å². The SMILES string of the molecule is Cc1ccc(NS(=O)(=O)c2cnn(C(F)F)c2N)c2[nH]cc(C#N)c12. The van der Waals surface area contributed by atoms with Crippen LogP contribution in [0.15, 0.2) is 29.4 Å². The number of nitrogens with two attached hydrogens (primary N) is 1. The Kier molecular flexibility index (Phi) is 3.84. The molecule has 130 valence electrons. The molecule has 0 aliphatic carbocycles. The molecule has 0 spiro atoms. The lowest BCUT2D eigenvalue weighted by molar-refractivity contribution is 0.0590. The van der Waals surface area contributed by atoms with Crippen molar-refractivity contribution in [2.45, 2.75) is 18.4 Å². The van der Waals surface area contributed by atoms with Crippen LogP contribution in [0.25, 0.3) is 10.9 Å². The van der Waals surface area contributed by atoms with E-state index in [0.29, 0.717) is 16.5 Å². The molecule has 3 rings (SSSR count). The van der Waals surface area contributed by atoms with Gasteiger partial charge in [0.25, 0.3) is 10.0 Å². The summed E-state index contributed by atoms with van der Waals surface area (Å²) in [7, 11) is -4.25. The molecule has 1 aromatic carbocycles. The van der Waals surface area contributed by atoms with Gasteiger partial charge in [0.1, 0.15) is 16.8 Å². The Labute approximate surface area is 140 Å². The number of aromatic amines is 1. The van der Waals surface area contributed by atoms with Gasteiger partial charge < -0.3 is 10.7 Å². The molecule has 0 saturated heterocycles. The molecule has 8 nitrogen and oxygen atoms in total. The Balaban J connectivity index is 2.08. The fourth-order valence-electron chi connectivity index (χ4n) is 2.51. The average Bonchev–Trinajstić information content (AvgIpc) is 3.14. The van der Waals surface area contributed by atoms with Crippen LogP contribution in [-0.2, 0) is 10.0 Å². The molecule has 0 atom stereocenters. The number of nitrogen functional groups attached to an aromatic ring is 1. The van der Waals surface area contributed by atoms with E-state index in [1.165, 1.54) is 12.3 Å². The first-order chi connectivity index (χ1) is 11.8. The standard InChI is InChI=1S/C14H12F2N6O2S/c1-7-2-3-9(12-11(7)8(4-17)5-19-12)21-25(23,24)10-6-20-22(13(10)18)14(15)16/h2-3,5-6,14,19,21H,18H2,1H3. The predicted molar refractivity (Wildman–Crippen MR) is 86.5 cm³/mol. The summed E-state index contributed by atoms with van der Waals surface area (Å²) >= 11 is 0. The maximum atomic E-state index is 12.7. The van der Waals surface area contributed by atoms with E-state index in [1.807, 2.05) is 6.07 Å². The maximum absolute atomic E-state index is 12.7. The van der Waals surface area contributed by atoms with E-state index in [-0.39, 0.29) is 10.4 Å². The summed E-state index contributed by atoms with van der Waals surface area (Å²) in [4.78, 5) is 2.28. The molecule has 0 saturated carbocycles. The van der Waals surface area contributed by atoms with E-state index in [1.54, 1.807) is 13.0 Å². The summed E-state index contributed by atoms with van der Waals surface area (Å²) in [5.41, 5.74) is 7.16. The number of hydrogen-bond acceptors (Lipinski definition) is 5. The number of alkyl halides is 2. The van der Waals surface area contributed by atoms with Crippen LogP contribution in [-0.4, -0.2) is 23.2 Å². The highest BCUT2D eigenvalue weighted by molar-refractivity contribution is 7.92. The lowest BCUT2D eigenvalue weighted by Crippen LogP contribution is -2.15. The number of H-pyrrole nitrogens is 1.